The van der Waals surface area contributed by atoms with Crippen molar-refractivity contribution >= 4 is 28.8 Å². The Balaban J connectivity index is 1.38. The molecule has 0 unspecified atom stereocenters. The molecule has 13 nitrogen and oxygen atoms in total. The van der Waals surface area contributed by atoms with E-state index in [4.69, 9.17) is 15.2 Å². The standard InChI is InChI=1S/C20H19FN6O7/c21-20-24-15(22)12-16(25-20)26(8-23-12)17-14(13(29)11(7-28)34-17)33-6-5-27(32)18(30)9-3-1-2-4-10(9)19(27)31/h1-4,8,11,13-14,17,28-29H,5-7H2,(H2,22,24,25)/t11-,13-,14-,17-/m1/s1. The molecule has 0 spiro atoms. The molecule has 4 heterocycles. The minimum Gasteiger partial charge on any atom is -0.617 e. The molecule has 2 aliphatic rings. The first-order valence-electron chi connectivity index (χ1n) is 10.3. The number of imide groups is 1. The minimum atomic E-state index is -1.76. The number of benzene rings is 1. The summed E-state index contributed by atoms with van der Waals surface area (Å²) in [7, 11) is 0. The van der Waals surface area contributed by atoms with Crippen LogP contribution in [0.15, 0.2) is 30.6 Å². The van der Waals surface area contributed by atoms with E-state index in [1.165, 1.54) is 23.0 Å². The SMILES string of the molecule is Nc1nc(F)nc2c1ncn2[C@@H]1O[C@H](CO)[C@@H](O)[C@H]1OCC[N+]1([O-])C(=O)c2ccccc2C1=O. The van der Waals surface area contributed by atoms with E-state index in [9.17, 15) is 29.4 Å². The van der Waals surface area contributed by atoms with Crippen molar-refractivity contribution in [2.45, 2.75) is 24.5 Å². The number of amides is 2. The zero-order valence-electron chi connectivity index (χ0n) is 17.4. The predicted molar refractivity (Wildman–Crippen MR) is 110 cm³/mol. The fourth-order valence-corrected chi connectivity index (χ4v) is 4.23. The number of aliphatic hydroxyl groups excluding tert-OH is 2. The van der Waals surface area contributed by atoms with Crippen molar-refractivity contribution in [3.63, 3.8) is 0 Å². The van der Waals surface area contributed by atoms with Crippen LogP contribution in [0.2, 0.25) is 0 Å². The van der Waals surface area contributed by atoms with E-state index in [0.29, 0.717) is 0 Å². The first kappa shape index (κ1) is 22.4. The van der Waals surface area contributed by atoms with Gasteiger partial charge in [0.2, 0.25) is 0 Å². The van der Waals surface area contributed by atoms with Gasteiger partial charge in [0.05, 0.1) is 30.7 Å². The number of aromatic nitrogens is 4. The molecular formula is C20H19FN6O7. The van der Waals surface area contributed by atoms with Gasteiger partial charge in [-0.3, -0.25) is 4.57 Å². The van der Waals surface area contributed by atoms with Gasteiger partial charge in [0.15, 0.2) is 23.2 Å². The zero-order chi connectivity index (χ0) is 24.2. The summed E-state index contributed by atoms with van der Waals surface area (Å²) < 4.78 is 24.6. The molecule has 0 saturated carbocycles. The molecule has 3 aromatic rings. The van der Waals surface area contributed by atoms with Crippen LogP contribution in [0.1, 0.15) is 26.9 Å². The van der Waals surface area contributed by atoms with E-state index in [0.717, 1.165) is 0 Å². The highest BCUT2D eigenvalue weighted by Gasteiger charge is 2.49. The number of rotatable bonds is 6. The van der Waals surface area contributed by atoms with Crippen LogP contribution >= 0.6 is 0 Å². The molecule has 34 heavy (non-hydrogen) atoms. The molecule has 0 bridgehead atoms. The maximum Gasteiger partial charge on any atom is 0.354 e. The van der Waals surface area contributed by atoms with Crippen molar-refractivity contribution in [1.82, 2.24) is 19.5 Å². The Morgan fingerprint density at radius 1 is 1.24 bits per heavy atom. The van der Waals surface area contributed by atoms with Crippen molar-refractivity contribution in [2.24, 2.45) is 0 Å². The number of nitrogens with two attached hydrogens (primary N) is 1. The van der Waals surface area contributed by atoms with E-state index in [-0.39, 0.29) is 28.1 Å². The minimum absolute atomic E-state index is 0.0362. The highest BCUT2D eigenvalue weighted by Crippen LogP contribution is 2.35. The first-order valence-corrected chi connectivity index (χ1v) is 10.3. The lowest BCUT2D eigenvalue weighted by atomic mass is 10.1. The number of hydrogen-bond acceptors (Lipinski definition) is 11. The quantitative estimate of drug-likeness (QED) is 0.181. The molecule has 0 aliphatic carbocycles. The van der Waals surface area contributed by atoms with Crippen LogP contribution < -0.4 is 5.73 Å². The monoisotopic (exact) mass is 474 g/mol. The van der Waals surface area contributed by atoms with Crippen molar-refractivity contribution in [3.05, 3.63) is 53.0 Å². The topological polar surface area (TPSA) is 186 Å². The van der Waals surface area contributed by atoms with Gasteiger partial charge in [0.25, 0.3) is 0 Å². The molecule has 1 saturated heterocycles. The Morgan fingerprint density at radius 2 is 1.91 bits per heavy atom. The van der Waals surface area contributed by atoms with Gasteiger partial charge in [-0.05, 0) is 12.1 Å². The van der Waals surface area contributed by atoms with Crippen LogP contribution in [-0.4, -0.2) is 84.3 Å². The molecule has 4 N–H and O–H groups in total. The normalized spacial score (nSPS) is 25.9. The van der Waals surface area contributed by atoms with E-state index in [1.807, 2.05) is 0 Å². The Kier molecular flexibility index (Phi) is 5.35. The lowest BCUT2D eigenvalue weighted by molar-refractivity contribution is -0.709. The fourth-order valence-electron chi connectivity index (χ4n) is 4.23. The molecule has 178 valence electrons. The number of carbonyl (C=O) groups excluding carboxylic acids is 2. The van der Waals surface area contributed by atoms with Gasteiger partial charge >= 0.3 is 17.9 Å². The Labute approximate surface area is 190 Å². The predicted octanol–water partition coefficient (Wildman–Crippen LogP) is -0.508. The first-order chi connectivity index (χ1) is 16.3. The fraction of sp³-hybridized carbons (Fsp3) is 0.350. The number of carbonyl (C=O) groups is 2. The maximum absolute atomic E-state index is 13.8. The van der Waals surface area contributed by atoms with Crippen LogP contribution in [-0.2, 0) is 9.47 Å². The summed E-state index contributed by atoms with van der Waals surface area (Å²) in [6.07, 6.45) is -4.65. The maximum atomic E-state index is 13.8. The van der Waals surface area contributed by atoms with Crippen LogP contribution in [0.5, 0.6) is 0 Å². The summed E-state index contributed by atoms with van der Waals surface area (Å²) in [5.74, 6) is -2.01. The number of nitrogens with zero attached hydrogens (tertiary/aromatic N) is 5. The molecule has 4 atom stereocenters. The highest BCUT2D eigenvalue weighted by molar-refractivity contribution is 6.14. The van der Waals surface area contributed by atoms with Crippen LogP contribution in [0.3, 0.4) is 0 Å². The summed E-state index contributed by atoms with van der Waals surface area (Å²) in [4.78, 5) is 36.3. The Bertz CT molecular complexity index is 1260. The van der Waals surface area contributed by atoms with Gasteiger partial charge in [0.1, 0.15) is 24.9 Å². The van der Waals surface area contributed by atoms with Crippen LogP contribution in [0.25, 0.3) is 11.2 Å². The number of halogens is 1. The molecule has 2 amide bonds. The lowest BCUT2D eigenvalue weighted by Crippen LogP contribution is -2.50. The van der Waals surface area contributed by atoms with Gasteiger partial charge < -0.3 is 30.6 Å². The van der Waals surface area contributed by atoms with Crippen molar-refractivity contribution in [2.75, 3.05) is 25.5 Å². The average molecular weight is 474 g/mol. The number of hydroxylamine groups is 3. The van der Waals surface area contributed by atoms with Gasteiger partial charge in [-0.1, -0.05) is 12.1 Å². The number of quaternary nitrogens is 1. The average Bonchev–Trinajstić information content (AvgIpc) is 3.43. The molecule has 1 aromatic carbocycles. The smallest absolute Gasteiger partial charge is 0.354 e. The molecule has 2 aliphatic heterocycles. The number of imidazole rings is 1. The van der Waals surface area contributed by atoms with Crippen molar-refractivity contribution in [3.8, 4) is 0 Å². The summed E-state index contributed by atoms with van der Waals surface area (Å²) in [5, 5.41) is 33.3. The van der Waals surface area contributed by atoms with E-state index < -0.39 is 66.8 Å². The second-order valence-corrected chi connectivity index (χ2v) is 7.89. The third kappa shape index (κ3) is 3.27. The van der Waals surface area contributed by atoms with E-state index >= 15 is 0 Å². The molecule has 2 aromatic heterocycles. The van der Waals surface area contributed by atoms with Gasteiger partial charge in [-0.2, -0.15) is 14.4 Å². The molecule has 0 radical (unpaired) electrons. The molecule has 5 rings (SSSR count). The third-order valence-electron chi connectivity index (χ3n) is 5.95. The Hall–Kier alpha value is -3.40. The summed E-state index contributed by atoms with van der Waals surface area (Å²) in [5.41, 5.74) is 5.80. The largest absolute Gasteiger partial charge is 0.617 e. The van der Waals surface area contributed by atoms with Gasteiger partial charge in [-0.25, -0.2) is 19.2 Å². The summed E-state index contributed by atoms with van der Waals surface area (Å²) in [6.45, 7) is -1.53. The van der Waals surface area contributed by atoms with Gasteiger partial charge in [-0.15, -0.1) is 0 Å². The summed E-state index contributed by atoms with van der Waals surface area (Å²) >= 11 is 0. The van der Waals surface area contributed by atoms with Crippen LogP contribution in [0.4, 0.5) is 10.2 Å². The number of ether oxygens (including phenoxy) is 2. The van der Waals surface area contributed by atoms with Crippen LogP contribution in [0, 0.1) is 11.3 Å². The number of anilines is 1. The molecule has 1 fully saturated rings. The van der Waals surface area contributed by atoms with Crippen molar-refractivity contribution in [1.29, 1.82) is 0 Å². The number of aliphatic hydroxyl groups is 2. The second kappa shape index (κ2) is 8.12. The number of fused-ring (bicyclic) bond motifs is 2. The highest BCUT2D eigenvalue weighted by atomic mass is 19.1. The van der Waals surface area contributed by atoms with E-state index in [1.54, 1.807) is 12.1 Å². The van der Waals surface area contributed by atoms with E-state index in [2.05, 4.69) is 15.0 Å². The molecular weight excluding hydrogens is 455 g/mol. The van der Waals surface area contributed by atoms with Crippen molar-refractivity contribution < 1.29 is 38.3 Å². The number of hydrogen-bond donors (Lipinski definition) is 3. The number of nitrogen functional groups attached to an aromatic ring is 1. The zero-order valence-corrected chi connectivity index (χ0v) is 17.4. The second-order valence-electron chi connectivity index (χ2n) is 7.89. The lowest BCUT2D eigenvalue weighted by Gasteiger charge is -2.32. The third-order valence-corrected chi connectivity index (χ3v) is 5.95. The summed E-state index contributed by atoms with van der Waals surface area (Å²) in [6, 6.07) is 5.91. The molecule has 14 heteroatoms. The van der Waals surface area contributed by atoms with Gasteiger partial charge in [0, 0.05) is 0 Å². The Morgan fingerprint density at radius 3 is 2.56 bits per heavy atom.